The van der Waals surface area contributed by atoms with Crippen molar-refractivity contribution in [1.82, 2.24) is 4.90 Å². The summed E-state index contributed by atoms with van der Waals surface area (Å²) in [6, 6.07) is 0. The molecule has 0 radical (unpaired) electrons. The second-order valence-corrected chi connectivity index (χ2v) is 7.67. The summed E-state index contributed by atoms with van der Waals surface area (Å²) in [6.07, 6.45) is 0. The van der Waals surface area contributed by atoms with E-state index in [2.05, 4.69) is 4.90 Å². The zero-order chi connectivity index (χ0) is 11.7. The van der Waals surface area contributed by atoms with Gasteiger partial charge in [0.1, 0.15) is 0 Å². The molecule has 1 rings (SSSR count). The highest BCUT2D eigenvalue weighted by Gasteiger charge is 2.26. The molecular weight excluding hydrogens is 248 g/mol. The number of nitrogens with zero attached hydrogens (tertiary/aromatic N) is 1. The standard InChI is InChI=1S/C10H22N2O2S.ClH/c1-9-6-12(8-10(2,3)11)4-5-15(13,14)7-9;/h9H,4-8,11H2,1-3H3;1H. The van der Waals surface area contributed by atoms with Gasteiger partial charge in [-0.1, -0.05) is 6.92 Å². The SMILES string of the molecule is CC1CN(CC(C)(C)N)CCS(=O)(=O)C1.Cl. The molecule has 98 valence electrons. The molecule has 16 heavy (non-hydrogen) atoms. The van der Waals surface area contributed by atoms with Gasteiger partial charge >= 0.3 is 0 Å². The van der Waals surface area contributed by atoms with Crippen LogP contribution < -0.4 is 5.73 Å². The summed E-state index contributed by atoms with van der Waals surface area (Å²) >= 11 is 0. The average Bonchev–Trinajstić information content (AvgIpc) is 2.05. The molecule has 6 heteroatoms. The van der Waals surface area contributed by atoms with Crippen molar-refractivity contribution in [2.75, 3.05) is 31.1 Å². The normalized spacial score (nSPS) is 26.9. The van der Waals surface area contributed by atoms with Crippen LogP contribution in [-0.2, 0) is 9.84 Å². The first-order chi connectivity index (χ1) is 6.68. The summed E-state index contributed by atoms with van der Waals surface area (Å²) < 4.78 is 23.1. The lowest BCUT2D eigenvalue weighted by Crippen LogP contribution is -2.46. The summed E-state index contributed by atoms with van der Waals surface area (Å²) in [5, 5.41) is 0. The fourth-order valence-corrected chi connectivity index (χ4v) is 3.77. The number of hydrogen-bond donors (Lipinski definition) is 1. The van der Waals surface area contributed by atoms with Crippen LogP contribution >= 0.6 is 12.4 Å². The molecule has 0 amide bonds. The maximum Gasteiger partial charge on any atom is 0.151 e. The van der Waals surface area contributed by atoms with E-state index in [9.17, 15) is 8.42 Å². The molecule has 0 aromatic rings. The second kappa shape index (κ2) is 5.67. The van der Waals surface area contributed by atoms with Crippen LogP contribution in [0.5, 0.6) is 0 Å². The number of halogens is 1. The van der Waals surface area contributed by atoms with Gasteiger partial charge in [-0.25, -0.2) is 8.42 Å². The Morgan fingerprint density at radius 2 is 2.00 bits per heavy atom. The van der Waals surface area contributed by atoms with Gasteiger partial charge in [-0.2, -0.15) is 0 Å². The minimum atomic E-state index is -2.84. The molecule has 1 saturated heterocycles. The lowest BCUT2D eigenvalue weighted by Gasteiger charge is -2.29. The molecule has 1 fully saturated rings. The zero-order valence-corrected chi connectivity index (χ0v) is 11.9. The van der Waals surface area contributed by atoms with Crippen molar-refractivity contribution in [2.45, 2.75) is 26.3 Å². The van der Waals surface area contributed by atoms with E-state index in [1.165, 1.54) is 0 Å². The van der Waals surface area contributed by atoms with Gasteiger partial charge in [0.05, 0.1) is 11.5 Å². The van der Waals surface area contributed by atoms with Gasteiger partial charge in [-0.15, -0.1) is 12.4 Å². The van der Waals surface area contributed by atoms with E-state index in [0.29, 0.717) is 12.3 Å². The van der Waals surface area contributed by atoms with Crippen molar-refractivity contribution >= 4 is 22.2 Å². The van der Waals surface area contributed by atoms with Gasteiger partial charge < -0.3 is 10.6 Å². The van der Waals surface area contributed by atoms with Gasteiger partial charge in [0.25, 0.3) is 0 Å². The van der Waals surface area contributed by atoms with Crippen LogP contribution in [-0.4, -0.2) is 50.0 Å². The summed E-state index contributed by atoms with van der Waals surface area (Å²) in [5.74, 6) is 0.793. The van der Waals surface area contributed by atoms with E-state index in [0.717, 1.165) is 13.1 Å². The smallest absolute Gasteiger partial charge is 0.151 e. The summed E-state index contributed by atoms with van der Waals surface area (Å²) in [5.41, 5.74) is 5.68. The second-order valence-electron chi connectivity index (χ2n) is 5.44. The molecule has 0 aromatic heterocycles. The molecule has 0 aromatic carbocycles. The van der Waals surface area contributed by atoms with Crippen LogP contribution in [0.4, 0.5) is 0 Å². The van der Waals surface area contributed by atoms with Gasteiger partial charge in [0, 0.05) is 25.2 Å². The predicted molar refractivity (Wildman–Crippen MR) is 69.8 cm³/mol. The van der Waals surface area contributed by atoms with E-state index in [1.807, 2.05) is 20.8 Å². The highest BCUT2D eigenvalue weighted by Crippen LogP contribution is 2.12. The third-order valence-corrected chi connectivity index (χ3v) is 4.34. The molecule has 1 unspecified atom stereocenters. The third-order valence-electron chi connectivity index (χ3n) is 2.46. The van der Waals surface area contributed by atoms with Crippen molar-refractivity contribution in [3.05, 3.63) is 0 Å². The highest BCUT2D eigenvalue weighted by atomic mass is 35.5. The molecule has 0 spiro atoms. The van der Waals surface area contributed by atoms with E-state index in [-0.39, 0.29) is 29.6 Å². The Morgan fingerprint density at radius 3 is 2.50 bits per heavy atom. The van der Waals surface area contributed by atoms with Crippen molar-refractivity contribution in [2.24, 2.45) is 11.7 Å². The first-order valence-electron chi connectivity index (χ1n) is 5.40. The molecule has 2 N–H and O–H groups in total. The number of nitrogens with two attached hydrogens (primary N) is 1. The number of sulfone groups is 1. The van der Waals surface area contributed by atoms with Crippen molar-refractivity contribution < 1.29 is 8.42 Å². The molecule has 0 bridgehead atoms. The Balaban J connectivity index is 0.00000225. The van der Waals surface area contributed by atoms with Crippen molar-refractivity contribution in [3.63, 3.8) is 0 Å². The molecule has 1 atom stereocenters. The summed E-state index contributed by atoms with van der Waals surface area (Å²) in [4.78, 5) is 2.16. The van der Waals surface area contributed by atoms with Gasteiger partial charge in [-0.3, -0.25) is 0 Å². The molecular formula is C10H23ClN2O2S. The first-order valence-corrected chi connectivity index (χ1v) is 7.22. The summed E-state index contributed by atoms with van der Waals surface area (Å²) in [6.45, 7) is 8.13. The minimum absolute atomic E-state index is 0. The molecule has 1 heterocycles. The molecule has 0 aliphatic carbocycles. The van der Waals surface area contributed by atoms with Gasteiger partial charge in [-0.05, 0) is 19.8 Å². The Hall–Kier alpha value is 0.160. The number of rotatable bonds is 2. The fourth-order valence-electron chi connectivity index (χ4n) is 2.09. The monoisotopic (exact) mass is 270 g/mol. The Bertz CT molecular complexity index is 311. The summed E-state index contributed by atoms with van der Waals surface area (Å²) in [7, 11) is -2.84. The predicted octanol–water partition coefficient (Wildman–Crippen LogP) is 0.512. The Kier molecular flexibility index (Phi) is 5.72. The van der Waals surface area contributed by atoms with E-state index < -0.39 is 9.84 Å². The van der Waals surface area contributed by atoms with Crippen LogP contribution in [0.2, 0.25) is 0 Å². The maximum atomic E-state index is 11.5. The van der Waals surface area contributed by atoms with Crippen LogP contribution in [0.3, 0.4) is 0 Å². The number of hydrogen-bond acceptors (Lipinski definition) is 4. The van der Waals surface area contributed by atoms with Crippen molar-refractivity contribution in [3.8, 4) is 0 Å². The van der Waals surface area contributed by atoms with Crippen LogP contribution in [0, 0.1) is 5.92 Å². The van der Waals surface area contributed by atoms with E-state index >= 15 is 0 Å². The lowest BCUT2D eigenvalue weighted by molar-refractivity contribution is 0.220. The molecule has 4 nitrogen and oxygen atoms in total. The molecule has 1 aliphatic heterocycles. The highest BCUT2D eigenvalue weighted by molar-refractivity contribution is 7.91. The van der Waals surface area contributed by atoms with E-state index in [4.69, 9.17) is 5.73 Å². The van der Waals surface area contributed by atoms with Gasteiger partial charge in [0.2, 0.25) is 0 Å². The van der Waals surface area contributed by atoms with Crippen LogP contribution in [0.15, 0.2) is 0 Å². The van der Waals surface area contributed by atoms with Crippen molar-refractivity contribution in [1.29, 1.82) is 0 Å². The maximum absolute atomic E-state index is 11.5. The Labute approximate surface area is 105 Å². The van der Waals surface area contributed by atoms with Gasteiger partial charge in [0.15, 0.2) is 9.84 Å². The topological polar surface area (TPSA) is 63.4 Å². The van der Waals surface area contributed by atoms with E-state index in [1.54, 1.807) is 0 Å². The zero-order valence-electron chi connectivity index (χ0n) is 10.3. The fraction of sp³-hybridized carbons (Fsp3) is 1.00. The quantitative estimate of drug-likeness (QED) is 0.794. The molecule has 1 aliphatic rings. The average molecular weight is 271 g/mol. The van der Waals surface area contributed by atoms with Crippen LogP contribution in [0.1, 0.15) is 20.8 Å². The third kappa shape index (κ3) is 6.03. The minimum Gasteiger partial charge on any atom is -0.324 e. The van der Waals surface area contributed by atoms with Crippen LogP contribution in [0.25, 0.3) is 0 Å². The Morgan fingerprint density at radius 1 is 1.44 bits per heavy atom. The largest absolute Gasteiger partial charge is 0.324 e. The molecule has 0 saturated carbocycles. The first kappa shape index (κ1) is 16.2. The lowest BCUT2D eigenvalue weighted by atomic mass is 10.1.